The van der Waals surface area contributed by atoms with Gasteiger partial charge in [-0.2, -0.15) is 0 Å². The number of aliphatic hydroxyl groups is 2. The van der Waals surface area contributed by atoms with Crippen LogP contribution < -0.4 is 10.1 Å². The number of allylic oxidation sites excluding steroid dienone is 4. The molecule has 316 valence electrons. The molecule has 5 bridgehead atoms. The summed E-state index contributed by atoms with van der Waals surface area (Å²) in [6, 6.07) is 5.65. The fourth-order valence-corrected chi connectivity index (χ4v) is 8.30. The van der Waals surface area contributed by atoms with Gasteiger partial charge in [0.15, 0.2) is 5.78 Å². The zero-order chi connectivity index (χ0) is 43.8. The molecule has 2 aromatic rings. The number of ketones is 3. The standard InChI is InChI=1S/C46H55NO12/c1-21-17-22(2)19-30(18-21)20-31-36-41(53)34-33(40(31)52)35-43(28(8)39(34)51)59-46(10,44(35)54)57-16-15-32(56-11)25(5)42(58-29(9)48)27(7)38(50)26(6)37(49)23(3)13-12-14-24(4)45(55)47-36/h12-19,23,25-27,32,37-38,42,49-51H,20H2,1-11H3,(H,47,55)/t23-,25+,26+,27-,32-,37-,38-,42+,46-/m0/s1. The Balaban J connectivity index is 1.69. The number of rotatable bonds is 4. The number of nitrogens with one attached hydrogen (secondary N) is 1. The Morgan fingerprint density at radius 3 is 2.12 bits per heavy atom. The number of carbonyl (C=O) groups is 5. The topological polar surface area (TPSA) is 195 Å². The van der Waals surface area contributed by atoms with Crippen LogP contribution >= 0.6 is 0 Å². The summed E-state index contributed by atoms with van der Waals surface area (Å²) in [5.74, 6) is -9.05. The molecule has 4 aliphatic rings. The molecule has 0 fully saturated rings. The predicted molar refractivity (Wildman–Crippen MR) is 218 cm³/mol. The van der Waals surface area contributed by atoms with Gasteiger partial charge >= 0.3 is 11.8 Å². The fraction of sp³-hybridized carbons (Fsp3) is 0.457. The van der Waals surface area contributed by atoms with E-state index in [4.69, 9.17) is 18.9 Å². The van der Waals surface area contributed by atoms with Crippen LogP contribution in [-0.4, -0.2) is 81.9 Å². The summed E-state index contributed by atoms with van der Waals surface area (Å²) in [7, 11) is 1.43. The molecule has 3 aliphatic heterocycles. The van der Waals surface area contributed by atoms with E-state index in [1.165, 1.54) is 53.2 Å². The number of esters is 1. The van der Waals surface area contributed by atoms with Crippen LogP contribution in [0.2, 0.25) is 0 Å². The average Bonchev–Trinajstić information content (AvgIpc) is 3.44. The molecule has 0 aromatic heterocycles. The van der Waals surface area contributed by atoms with Crippen molar-refractivity contribution in [1.82, 2.24) is 5.32 Å². The normalized spacial score (nSPS) is 29.2. The molecule has 1 amide bonds. The van der Waals surface area contributed by atoms with Gasteiger partial charge in [0.1, 0.15) is 17.6 Å². The zero-order valence-corrected chi connectivity index (χ0v) is 35.5. The highest BCUT2D eigenvalue weighted by molar-refractivity contribution is 6.32. The molecular weight excluding hydrogens is 759 g/mol. The Kier molecular flexibility index (Phi) is 13.2. The number of carbonyl (C=O) groups excluding carboxylic acids is 5. The summed E-state index contributed by atoms with van der Waals surface area (Å²) < 4.78 is 23.6. The smallest absolute Gasteiger partial charge is 0.312 e. The van der Waals surface area contributed by atoms with Gasteiger partial charge in [-0.3, -0.25) is 24.0 Å². The van der Waals surface area contributed by atoms with E-state index in [0.717, 1.165) is 11.1 Å². The van der Waals surface area contributed by atoms with Crippen molar-refractivity contribution >= 4 is 29.2 Å². The first-order valence-corrected chi connectivity index (χ1v) is 19.7. The van der Waals surface area contributed by atoms with E-state index >= 15 is 0 Å². The highest BCUT2D eigenvalue weighted by Crippen LogP contribution is 2.49. The van der Waals surface area contributed by atoms with Gasteiger partial charge in [-0.25, -0.2) is 0 Å². The summed E-state index contributed by atoms with van der Waals surface area (Å²) in [6.45, 7) is 16.2. The van der Waals surface area contributed by atoms with E-state index in [1.54, 1.807) is 39.8 Å². The second-order valence-corrected chi connectivity index (χ2v) is 16.3. The minimum Gasteiger partial charge on any atom is -0.507 e. The van der Waals surface area contributed by atoms with Crippen LogP contribution in [0.25, 0.3) is 0 Å². The highest BCUT2D eigenvalue weighted by atomic mass is 16.7. The number of methoxy groups -OCH3 is 1. The lowest BCUT2D eigenvalue weighted by molar-refractivity contribution is -0.160. The third-order valence-electron chi connectivity index (χ3n) is 11.7. The van der Waals surface area contributed by atoms with E-state index in [0.29, 0.717) is 5.56 Å². The van der Waals surface area contributed by atoms with Crippen molar-refractivity contribution in [3.63, 3.8) is 0 Å². The van der Waals surface area contributed by atoms with Crippen LogP contribution in [0.4, 0.5) is 0 Å². The van der Waals surface area contributed by atoms with Gasteiger partial charge in [0.05, 0.1) is 47.0 Å². The number of aromatic hydroxyl groups is 1. The molecular formula is C46H55NO12. The molecule has 0 spiro atoms. The molecule has 1 aliphatic carbocycles. The summed E-state index contributed by atoms with van der Waals surface area (Å²) in [5, 5.41) is 37.1. The van der Waals surface area contributed by atoms with E-state index < -0.39 is 94.4 Å². The van der Waals surface area contributed by atoms with Crippen molar-refractivity contribution in [3.05, 3.63) is 105 Å². The summed E-state index contributed by atoms with van der Waals surface area (Å²) >= 11 is 0. The van der Waals surface area contributed by atoms with E-state index in [2.05, 4.69) is 5.32 Å². The van der Waals surface area contributed by atoms with Gasteiger partial charge in [0.25, 0.3) is 11.7 Å². The molecule has 0 unspecified atom stereocenters. The Labute approximate surface area is 344 Å². The molecule has 59 heavy (non-hydrogen) atoms. The van der Waals surface area contributed by atoms with Crippen LogP contribution in [-0.2, 0) is 30.2 Å². The third-order valence-corrected chi connectivity index (χ3v) is 11.7. The molecule has 0 radical (unpaired) electrons. The molecule has 0 saturated heterocycles. The maximum absolute atomic E-state index is 14.8. The molecule has 4 N–H and O–H groups in total. The minimum atomic E-state index is -2.08. The second-order valence-electron chi connectivity index (χ2n) is 16.3. The quantitative estimate of drug-likeness (QED) is 0.269. The van der Waals surface area contributed by atoms with Gasteiger partial charge in [0, 0.05) is 67.8 Å². The first kappa shape index (κ1) is 44.7. The van der Waals surface area contributed by atoms with Crippen molar-refractivity contribution in [2.45, 2.75) is 106 Å². The SMILES string of the molecule is CO[C@H]1C=CO[C@@]2(C)Oc3c(C)c(O)c4c(c3C2=O)C(=O)C(Cc2cc(C)cc(C)c2)=C(NC(=O)C(C)=CC=C[C@H](C)[C@H](O)[C@@H](C)[C@H](O)[C@H](C)[C@H](OC(C)=O)[C@@H]1C)C4=O. The molecule has 3 heterocycles. The van der Waals surface area contributed by atoms with Crippen LogP contribution in [0.15, 0.2) is 65.6 Å². The molecule has 0 saturated carbocycles. The van der Waals surface area contributed by atoms with Crippen LogP contribution in [0.5, 0.6) is 11.5 Å². The first-order valence-electron chi connectivity index (χ1n) is 19.7. The summed E-state index contributed by atoms with van der Waals surface area (Å²) in [6.07, 6.45) is 3.37. The Bertz CT molecular complexity index is 2180. The van der Waals surface area contributed by atoms with Crippen LogP contribution in [0.1, 0.15) is 102 Å². The molecule has 9 atom stereocenters. The lowest BCUT2D eigenvalue weighted by atomic mass is 9.78. The largest absolute Gasteiger partial charge is 0.507 e. The van der Waals surface area contributed by atoms with E-state index in [1.807, 2.05) is 32.0 Å². The monoisotopic (exact) mass is 813 g/mol. The molecule has 13 heteroatoms. The van der Waals surface area contributed by atoms with Crippen molar-refractivity contribution in [3.8, 4) is 11.5 Å². The number of phenolic OH excluding ortho intramolecular Hbond substituents is 1. The summed E-state index contributed by atoms with van der Waals surface area (Å²) in [4.78, 5) is 69.9. The Hall–Kier alpha value is -5.37. The van der Waals surface area contributed by atoms with Crippen molar-refractivity contribution < 1.29 is 58.2 Å². The number of fused-ring (bicyclic) bond motifs is 14. The Morgan fingerprint density at radius 2 is 1.51 bits per heavy atom. The second kappa shape index (κ2) is 17.5. The number of hydrogen-bond acceptors (Lipinski definition) is 12. The number of aliphatic hydroxyl groups excluding tert-OH is 2. The summed E-state index contributed by atoms with van der Waals surface area (Å²) in [5.41, 5.74) is 1.14. The lowest BCUT2D eigenvalue weighted by Crippen LogP contribution is -2.46. The number of phenols is 1. The van der Waals surface area contributed by atoms with E-state index in [-0.39, 0.29) is 45.7 Å². The predicted octanol–water partition coefficient (Wildman–Crippen LogP) is 5.86. The van der Waals surface area contributed by atoms with Gasteiger partial charge in [-0.05, 0) is 39.3 Å². The van der Waals surface area contributed by atoms with E-state index in [9.17, 15) is 39.3 Å². The maximum Gasteiger partial charge on any atom is 0.312 e. The number of aryl methyl sites for hydroxylation is 2. The van der Waals surface area contributed by atoms with Crippen molar-refractivity contribution in [1.29, 1.82) is 0 Å². The molecule has 13 nitrogen and oxygen atoms in total. The van der Waals surface area contributed by atoms with Crippen LogP contribution in [0.3, 0.4) is 0 Å². The van der Waals surface area contributed by atoms with Crippen molar-refractivity contribution in [2.75, 3.05) is 7.11 Å². The Morgan fingerprint density at radius 1 is 0.864 bits per heavy atom. The number of Topliss-reactive ketones (excluding diaryl/α,β-unsaturated/α-hetero) is 3. The fourth-order valence-electron chi connectivity index (χ4n) is 8.30. The van der Waals surface area contributed by atoms with Gasteiger partial charge in [0.2, 0.25) is 5.78 Å². The number of amides is 1. The molecule has 6 rings (SSSR count). The zero-order valence-electron chi connectivity index (χ0n) is 35.5. The number of ether oxygens (including phenoxy) is 4. The average molecular weight is 814 g/mol. The lowest BCUT2D eigenvalue weighted by Gasteiger charge is -2.38. The third kappa shape index (κ3) is 8.69. The van der Waals surface area contributed by atoms with Crippen LogP contribution in [0, 0.1) is 44.4 Å². The first-order chi connectivity index (χ1) is 27.6. The highest BCUT2D eigenvalue weighted by Gasteiger charge is 2.52. The number of benzene rings is 2. The number of hydrogen-bond donors (Lipinski definition) is 4. The van der Waals surface area contributed by atoms with Gasteiger partial charge in [-0.15, -0.1) is 0 Å². The van der Waals surface area contributed by atoms with Gasteiger partial charge < -0.3 is 39.6 Å². The van der Waals surface area contributed by atoms with Gasteiger partial charge in [-0.1, -0.05) is 75.2 Å². The molecule has 2 aromatic carbocycles. The maximum atomic E-state index is 14.8. The van der Waals surface area contributed by atoms with Crippen molar-refractivity contribution in [2.24, 2.45) is 23.7 Å². The minimum absolute atomic E-state index is 0.00502.